The van der Waals surface area contributed by atoms with Crippen molar-refractivity contribution in [2.24, 2.45) is 0 Å². The topological polar surface area (TPSA) is 46.0 Å². The van der Waals surface area contributed by atoms with Crippen LogP contribution in [0.15, 0.2) is 48.8 Å². The molecule has 0 aliphatic carbocycles. The molecule has 106 valence electrons. The highest BCUT2D eigenvalue weighted by molar-refractivity contribution is 6.35. The first-order chi connectivity index (χ1) is 10.00. The second kappa shape index (κ2) is 5.06. The third kappa shape index (κ3) is 2.37. The Morgan fingerprint density at radius 3 is 2.71 bits per heavy atom. The summed E-state index contributed by atoms with van der Waals surface area (Å²) < 4.78 is 13.9. The van der Waals surface area contributed by atoms with Crippen LogP contribution in [0.1, 0.15) is 18.2 Å². The van der Waals surface area contributed by atoms with Crippen LogP contribution in [-0.4, -0.2) is 15.1 Å². The molecule has 3 nitrogen and oxygen atoms in total. The predicted molar refractivity (Wildman–Crippen MR) is 79.6 cm³/mol. The summed E-state index contributed by atoms with van der Waals surface area (Å²) in [5, 5.41) is 12.0. The second-order valence-corrected chi connectivity index (χ2v) is 5.34. The minimum absolute atomic E-state index is 0.0237. The van der Waals surface area contributed by atoms with Gasteiger partial charge in [-0.2, -0.15) is 0 Å². The molecule has 0 aliphatic heterocycles. The van der Waals surface area contributed by atoms with Crippen molar-refractivity contribution >= 4 is 22.5 Å². The van der Waals surface area contributed by atoms with Crippen LogP contribution >= 0.6 is 11.6 Å². The zero-order valence-electron chi connectivity index (χ0n) is 11.2. The third-order valence-corrected chi connectivity index (χ3v) is 3.80. The Balaban J connectivity index is 2.19. The summed E-state index contributed by atoms with van der Waals surface area (Å²) in [6.45, 7) is 1.50. The van der Waals surface area contributed by atoms with E-state index < -0.39 is 11.4 Å². The van der Waals surface area contributed by atoms with E-state index >= 15 is 0 Å². The SMILES string of the molecule is C[C@@](O)(c1ccc2nccc(Cl)c2c1)c1ncccc1F. The van der Waals surface area contributed by atoms with E-state index in [-0.39, 0.29) is 5.69 Å². The van der Waals surface area contributed by atoms with Gasteiger partial charge < -0.3 is 5.11 Å². The molecule has 0 aliphatic rings. The van der Waals surface area contributed by atoms with Gasteiger partial charge in [-0.15, -0.1) is 0 Å². The zero-order valence-corrected chi connectivity index (χ0v) is 12.0. The fourth-order valence-electron chi connectivity index (χ4n) is 2.30. The normalized spacial score (nSPS) is 14.1. The second-order valence-electron chi connectivity index (χ2n) is 4.93. The summed E-state index contributed by atoms with van der Waals surface area (Å²) >= 11 is 6.15. The lowest BCUT2D eigenvalue weighted by atomic mass is 9.90. The number of nitrogens with zero attached hydrogens (tertiary/aromatic N) is 2. The van der Waals surface area contributed by atoms with E-state index in [0.717, 1.165) is 0 Å². The number of aliphatic hydroxyl groups is 1. The van der Waals surface area contributed by atoms with Gasteiger partial charge in [0.2, 0.25) is 0 Å². The van der Waals surface area contributed by atoms with E-state index in [1.165, 1.54) is 25.3 Å². The number of benzene rings is 1. The summed E-state index contributed by atoms with van der Waals surface area (Å²) in [4.78, 5) is 8.15. The van der Waals surface area contributed by atoms with E-state index in [4.69, 9.17) is 11.6 Å². The van der Waals surface area contributed by atoms with E-state index in [1.54, 1.807) is 30.5 Å². The van der Waals surface area contributed by atoms with Crippen LogP contribution in [0, 0.1) is 5.82 Å². The lowest BCUT2D eigenvalue weighted by Crippen LogP contribution is -2.25. The molecular weight excluding hydrogens is 291 g/mol. The first-order valence-corrected chi connectivity index (χ1v) is 6.76. The molecule has 1 N–H and O–H groups in total. The van der Waals surface area contributed by atoms with Gasteiger partial charge in [0.05, 0.1) is 10.5 Å². The van der Waals surface area contributed by atoms with Gasteiger partial charge >= 0.3 is 0 Å². The third-order valence-electron chi connectivity index (χ3n) is 3.47. The Bertz CT molecular complexity index is 820. The highest BCUT2D eigenvalue weighted by Gasteiger charge is 2.30. The smallest absolute Gasteiger partial charge is 0.148 e. The minimum Gasteiger partial charge on any atom is -0.379 e. The van der Waals surface area contributed by atoms with Crippen molar-refractivity contribution in [3.8, 4) is 0 Å². The molecule has 0 saturated heterocycles. The van der Waals surface area contributed by atoms with Crippen LogP contribution in [0.5, 0.6) is 0 Å². The molecule has 1 aromatic carbocycles. The Hall–Kier alpha value is -2.04. The average Bonchev–Trinajstić information content (AvgIpc) is 2.47. The number of hydrogen-bond donors (Lipinski definition) is 1. The fourth-order valence-corrected chi connectivity index (χ4v) is 2.50. The maximum absolute atomic E-state index is 13.9. The first kappa shape index (κ1) is 13.9. The van der Waals surface area contributed by atoms with Crippen LogP contribution in [0.4, 0.5) is 4.39 Å². The van der Waals surface area contributed by atoms with Gasteiger partial charge in [-0.05, 0) is 42.8 Å². The van der Waals surface area contributed by atoms with E-state index in [0.29, 0.717) is 21.5 Å². The van der Waals surface area contributed by atoms with Gasteiger partial charge in [-0.3, -0.25) is 9.97 Å². The zero-order chi connectivity index (χ0) is 15.0. The van der Waals surface area contributed by atoms with E-state index in [2.05, 4.69) is 9.97 Å². The molecule has 1 atom stereocenters. The van der Waals surface area contributed by atoms with Crippen molar-refractivity contribution in [3.05, 3.63) is 70.9 Å². The molecule has 3 aromatic rings. The Morgan fingerprint density at radius 2 is 1.95 bits per heavy atom. The monoisotopic (exact) mass is 302 g/mol. The van der Waals surface area contributed by atoms with E-state index in [1.807, 2.05) is 0 Å². The summed E-state index contributed by atoms with van der Waals surface area (Å²) in [6.07, 6.45) is 3.06. The summed E-state index contributed by atoms with van der Waals surface area (Å²) in [6, 6.07) is 9.57. The molecule has 2 heterocycles. The van der Waals surface area contributed by atoms with Gasteiger partial charge in [0, 0.05) is 17.8 Å². The average molecular weight is 303 g/mol. The first-order valence-electron chi connectivity index (χ1n) is 6.38. The molecule has 5 heteroatoms. The highest BCUT2D eigenvalue weighted by atomic mass is 35.5. The number of aromatic nitrogens is 2. The maximum atomic E-state index is 13.9. The van der Waals surface area contributed by atoms with Gasteiger partial charge in [0.15, 0.2) is 0 Å². The highest BCUT2D eigenvalue weighted by Crippen LogP contribution is 2.32. The Morgan fingerprint density at radius 1 is 1.14 bits per heavy atom. The molecule has 21 heavy (non-hydrogen) atoms. The number of fused-ring (bicyclic) bond motifs is 1. The van der Waals surface area contributed by atoms with Crippen molar-refractivity contribution in [2.75, 3.05) is 0 Å². The lowest BCUT2D eigenvalue weighted by molar-refractivity contribution is 0.0929. The summed E-state index contributed by atoms with van der Waals surface area (Å²) in [5.74, 6) is -0.556. The molecule has 3 rings (SSSR count). The lowest BCUT2D eigenvalue weighted by Gasteiger charge is -2.24. The van der Waals surface area contributed by atoms with Crippen molar-refractivity contribution in [1.29, 1.82) is 0 Å². The maximum Gasteiger partial charge on any atom is 0.148 e. The summed E-state index contributed by atoms with van der Waals surface area (Å²) in [7, 11) is 0. The minimum atomic E-state index is -1.56. The molecule has 2 aromatic heterocycles. The quantitative estimate of drug-likeness (QED) is 0.785. The van der Waals surface area contributed by atoms with Crippen LogP contribution in [0.2, 0.25) is 5.02 Å². The van der Waals surface area contributed by atoms with Crippen molar-refractivity contribution in [2.45, 2.75) is 12.5 Å². The molecule has 0 spiro atoms. The molecule has 0 unspecified atom stereocenters. The molecule has 0 bridgehead atoms. The van der Waals surface area contributed by atoms with Gasteiger partial charge in [0.25, 0.3) is 0 Å². The number of rotatable bonds is 2. The van der Waals surface area contributed by atoms with Gasteiger partial charge in [-0.25, -0.2) is 4.39 Å². The van der Waals surface area contributed by atoms with Crippen molar-refractivity contribution < 1.29 is 9.50 Å². The predicted octanol–water partition coefficient (Wildman–Crippen LogP) is 3.68. The van der Waals surface area contributed by atoms with E-state index in [9.17, 15) is 9.50 Å². The number of halogens is 2. The molecule has 0 fully saturated rings. The number of hydrogen-bond acceptors (Lipinski definition) is 3. The Kier molecular flexibility index (Phi) is 3.35. The molecular formula is C16H12ClFN2O. The van der Waals surface area contributed by atoms with Crippen LogP contribution in [0.25, 0.3) is 10.9 Å². The van der Waals surface area contributed by atoms with Crippen molar-refractivity contribution in [1.82, 2.24) is 9.97 Å². The number of pyridine rings is 2. The fraction of sp³-hybridized carbons (Fsp3) is 0.125. The molecule has 0 amide bonds. The van der Waals surface area contributed by atoms with Gasteiger partial charge in [0.1, 0.15) is 17.1 Å². The van der Waals surface area contributed by atoms with Gasteiger partial charge in [-0.1, -0.05) is 17.7 Å². The standard InChI is InChI=1S/C16H12ClFN2O/c1-16(21,15-13(18)3-2-7-20-15)10-4-5-14-11(9-10)12(17)6-8-19-14/h2-9,21H,1H3/t16-/m1/s1. The van der Waals surface area contributed by atoms with Crippen LogP contribution < -0.4 is 0 Å². The summed E-state index contributed by atoms with van der Waals surface area (Å²) in [5.41, 5.74) is -0.367. The molecule has 0 radical (unpaired) electrons. The van der Waals surface area contributed by atoms with Crippen LogP contribution in [0.3, 0.4) is 0 Å². The van der Waals surface area contributed by atoms with Crippen molar-refractivity contribution in [3.63, 3.8) is 0 Å². The largest absolute Gasteiger partial charge is 0.379 e. The Labute approximate surface area is 126 Å². The van der Waals surface area contributed by atoms with Crippen LogP contribution in [-0.2, 0) is 5.60 Å². The molecule has 0 saturated carbocycles.